The van der Waals surface area contributed by atoms with E-state index in [1.807, 2.05) is 48.5 Å². The molecule has 196 valence electrons. The molecule has 0 saturated carbocycles. The number of nitrogen functional groups attached to an aromatic ring is 1. The SMILES string of the molecule is Nc1ncc(-c2ccc(C3(C(=O)Nc4ccc(CN5CCS(O)(O)CC5)cc4)CCOCC3)cc2)cn1. The Hall–Kier alpha value is -3.02. The molecule has 0 unspecified atom stereocenters. The number of ether oxygens (including phenoxy) is 1. The van der Waals surface area contributed by atoms with Crippen molar-refractivity contribution in [2.24, 2.45) is 0 Å². The molecule has 3 aromatic rings. The van der Waals surface area contributed by atoms with Gasteiger partial charge in [-0.1, -0.05) is 36.4 Å². The second-order valence-corrected chi connectivity index (χ2v) is 12.2. The van der Waals surface area contributed by atoms with Gasteiger partial charge in [-0.25, -0.2) is 9.97 Å². The Morgan fingerprint density at radius 1 is 0.973 bits per heavy atom. The smallest absolute Gasteiger partial charge is 0.235 e. The van der Waals surface area contributed by atoms with Crippen LogP contribution < -0.4 is 11.1 Å². The Morgan fingerprint density at radius 3 is 2.22 bits per heavy atom. The molecular formula is C27H33N5O4S. The highest BCUT2D eigenvalue weighted by Crippen LogP contribution is 2.40. The molecule has 1 amide bonds. The van der Waals surface area contributed by atoms with Crippen LogP contribution in [0.25, 0.3) is 11.1 Å². The van der Waals surface area contributed by atoms with Gasteiger partial charge in [-0.3, -0.25) is 18.8 Å². The van der Waals surface area contributed by atoms with E-state index in [0.717, 1.165) is 34.5 Å². The van der Waals surface area contributed by atoms with Crippen molar-refractivity contribution >= 4 is 28.1 Å². The molecular weight excluding hydrogens is 490 g/mol. The first-order valence-electron chi connectivity index (χ1n) is 12.5. The Bertz CT molecular complexity index is 1200. The lowest BCUT2D eigenvalue weighted by Gasteiger charge is -2.41. The summed E-state index contributed by atoms with van der Waals surface area (Å²) in [6.07, 6.45) is 4.60. The normalized spacial score (nSPS) is 20.2. The molecule has 0 spiro atoms. The first-order valence-corrected chi connectivity index (χ1v) is 14.3. The summed E-state index contributed by atoms with van der Waals surface area (Å²) in [5, 5.41) is 3.14. The Labute approximate surface area is 218 Å². The van der Waals surface area contributed by atoms with Crippen molar-refractivity contribution < 1.29 is 18.6 Å². The van der Waals surface area contributed by atoms with E-state index in [9.17, 15) is 13.9 Å². The minimum atomic E-state index is -2.39. The number of carbonyl (C=O) groups is 1. The molecule has 1 aromatic heterocycles. The molecule has 0 atom stereocenters. The van der Waals surface area contributed by atoms with Crippen LogP contribution in [0.4, 0.5) is 11.6 Å². The number of benzene rings is 2. The van der Waals surface area contributed by atoms with E-state index in [2.05, 4.69) is 20.2 Å². The summed E-state index contributed by atoms with van der Waals surface area (Å²) in [6, 6.07) is 15.9. The van der Waals surface area contributed by atoms with Crippen LogP contribution >= 0.6 is 10.6 Å². The van der Waals surface area contributed by atoms with E-state index in [0.29, 0.717) is 50.7 Å². The van der Waals surface area contributed by atoms with Crippen LogP contribution in [0.5, 0.6) is 0 Å². The van der Waals surface area contributed by atoms with Gasteiger partial charge in [-0.05, 0) is 41.7 Å². The van der Waals surface area contributed by atoms with Crippen molar-refractivity contribution in [1.82, 2.24) is 14.9 Å². The topological polar surface area (TPSA) is 134 Å². The molecule has 2 aliphatic rings. The van der Waals surface area contributed by atoms with Crippen molar-refractivity contribution in [1.29, 1.82) is 0 Å². The molecule has 2 fully saturated rings. The average molecular weight is 524 g/mol. The second kappa shape index (κ2) is 10.8. The maximum absolute atomic E-state index is 13.7. The number of nitrogens with two attached hydrogens (primary N) is 1. The maximum atomic E-state index is 13.7. The summed E-state index contributed by atoms with van der Waals surface area (Å²) < 4.78 is 25.2. The molecule has 2 aliphatic heterocycles. The summed E-state index contributed by atoms with van der Waals surface area (Å²) >= 11 is 0. The molecule has 3 heterocycles. The fourth-order valence-corrected chi connectivity index (χ4v) is 6.27. The van der Waals surface area contributed by atoms with Gasteiger partial charge in [0.2, 0.25) is 11.9 Å². The zero-order valence-corrected chi connectivity index (χ0v) is 21.5. The van der Waals surface area contributed by atoms with Gasteiger partial charge in [0.1, 0.15) is 0 Å². The van der Waals surface area contributed by atoms with Gasteiger partial charge in [0.15, 0.2) is 0 Å². The lowest BCUT2D eigenvalue weighted by molar-refractivity contribution is -0.125. The number of anilines is 2. The first kappa shape index (κ1) is 25.6. The highest BCUT2D eigenvalue weighted by Gasteiger charge is 2.41. The van der Waals surface area contributed by atoms with Crippen molar-refractivity contribution in [3.63, 3.8) is 0 Å². The lowest BCUT2D eigenvalue weighted by atomic mass is 9.73. The summed E-state index contributed by atoms with van der Waals surface area (Å²) in [5.41, 5.74) is 9.59. The minimum absolute atomic E-state index is 0.0339. The van der Waals surface area contributed by atoms with E-state index in [1.54, 1.807) is 12.4 Å². The maximum Gasteiger partial charge on any atom is 0.235 e. The van der Waals surface area contributed by atoms with E-state index in [4.69, 9.17) is 10.5 Å². The number of aromatic nitrogens is 2. The minimum Gasteiger partial charge on any atom is -0.381 e. The third-order valence-corrected chi connectivity index (χ3v) is 8.98. The highest BCUT2D eigenvalue weighted by molar-refractivity contribution is 8.24. The number of carbonyl (C=O) groups excluding carboxylic acids is 1. The van der Waals surface area contributed by atoms with Gasteiger partial charge in [0.25, 0.3) is 0 Å². The fourth-order valence-electron chi connectivity index (χ4n) is 4.96. The van der Waals surface area contributed by atoms with Gasteiger partial charge >= 0.3 is 0 Å². The molecule has 2 saturated heterocycles. The predicted molar refractivity (Wildman–Crippen MR) is 147 cm³/mol. The zero-order valence-electron chi connectivity index (χ0n) is 20.7. The van der Waals surface area contributed by atoms with Crippen LogP contribution in [0, 0.1) is 0 Å². The number of nitrogens with zero attached hydrogens (tertiary/aromatic N) is 3. The van der Waals surface area contributed by atoms with E-state index < -0.39 is 16.0 Å². The number of nitrogens with one attached hydrogen (secondary N) is 1. The highest BCUT2D eigenvalue weighted by atomic mass is 32.3. The Balaban J connectivity index is 1.28. The number of rotatable bonds is 6. The summed E-state index contributed by atoms with van der Waals surface area (Å²) in [4.78, 5) is 24.0. The molecule has 0 bridgehead atoms. The number of amides is 1. The van der Waals surface area contributed by atoms with Crippen molar-refractivity contribution in [3.05, 3.63) is 72.1 Å². The van der Waals surface area contributed by atoms with Crippen molar-refractivity contribution in [2.45, 2.75) is 24.8 Å². The van der Waals surface area contributed by atoms with Crippen LogP contribution in [-0.4, -0.2) is 67.7 Å². The molecule has 9 nitrogen and oxygen atoms in total. The monoisotopic (exact) mass is 523 g/mol. The van der Waals surface area contributed by atoms with Crippen LogP contribution in [-0.2, 0) is 21.5 Å². The van der Waals surface area contributed by atoms with E-state index >= 15 is 0 Å². The van der Waals surface area contributed by atoms with Crippen molar-refractivity contribution in [2.75, 3.05) is 48.9 Å². The third kappa shape index (κ3) is 5.94. The van der Waals surface area contributed by atoms with Crippen molar-refractivity contribution in [3.8, 4) is 11.1 Å². The van der Waals surface area contributed by atoms with E-state index in [1.165, 1.54) is 0 Å². The van der Waals surface area contributed by atoms with Gasteiger partial charge < -0.3 is 15.8 Å². The summed E-state index contributed by atoms with van der Waals surface area (Å²) in [6.45, 7) is 3.16. The van der Waals surface area contributed by atoms with Gasteiger partial charge in [0.05, 0.1) is 16.9 Å². The quantitative estimate of drug-likeness (QED) is 0.381. The predicted octanol–water partition coefficient (Wildman–Crippen LogP) is 3.98. The van der Waals surface area contributed by atoms with Gasteiger partial charge in [-0.15, -0.1) is 0 Å². The molecule has 0 radical (unpaired) electrons. The standard InChI is InChI=1S/C27H33N5O4S/c28-26-29-17-22(18-30-26)21-3-5-23(6-4-21)27(9-13-36-14-10-27)25(33)31-24-7-1-20(2-8-24)19-32-11-15-37(34,35)16-12-32/h1-8,17-18,34-35H,9-16,19H2,(H,31,33)(H2,28,29,30). The molecule has 2 aromatic carbocycles. The molecule has 37 heavy (non-hydrogen) atoms. The average Bonchev–Trinajstić information content (AvgIpc) is 2.92. The molecule has 10 heteroatoms. The lowest BCUT2D eigenvalue weighted by Crippen LogP contribution is -2.44. The molecule has 5 rings (SSSR count). The summed E-state index contributed by atoms with van der Waals surface area (Å²) in [7, 11) is -2.39. The van der Waals surface area contributed by atoms with Crippen LogP contribution in [0.2, 0.25) is 0 Å². The molecule has 5 N–H and O–H groups in total. The van der Waals surface area contributed by atoms with Crippen LogP contribution in [0.15, 0.2) is 60.9 Å². The second-order valence-electron chi connectivity index (χ2n) is 9.74. The number of hydrogen-bond donors (Lipinski definition) is 4. The number of hydrogen-bond acceptors (Lipinski definition) is 8. The van der Waals surface area contributed by atoms with Crippen LogP contribution in [0.3, 0.4) is 0 Å². The van der Waals surface area contributed by atoms with E-state index in [-0.39, 0.29) is 11.9 Å². The van der Waals surface area contributed by atoms with Gasteiger partial charge in [-0.2, -0.15) is 10.6 Å². The Kier molecular flexibility index (Phi) is 7.45. The zero-order chi connectivity index (χ0) is 25.9. The largest absolute Gasteiger partial charge is 0.381 e. The molecule has 0 aliphatic carbocycles. The first-order chi connectivity index (χ1) is 17.8. The Morgan fingerprint density at radius 2 is 1.59 bits per heavy atom. The summed E-state index contributed by atoms with van der Waals surface area (Å²) in [5.74, 6) is 1.06. The van der Waals surface area contributed by atoms with Crippen LogP contribution in [0.1, 0.15) is 24.0 Å². The fraction of sp³-hybridized carbons (Fsp3) is 0.370. The van der Waals surface area contributed by atoms with Gasteiger partial charge in [0, 0.05) is 56.5 Å². The third-order valence-electron chi connectivity index (χ3n) is 7.31.